The lowest BCUT2D eigenvalue weighted by molar-refractivity contribution is -0.155. The van der Waals surface area contributed by atoms with Gasteiger partial charge in [0, 0.05) is 15.4 Å². The molecule has 0 aliphatic heterocycles. The minimum Gasteiger partial charge on any atom is -0.455 e. The maximum atomic E-state index is 12.4. The predicted molar refractivity (Wildman–Crippen MR) is 111 cm³/mol. The van der Waals surface area contributed by atoms with E-state index in [1.165, 1.54) is 30.6 Å². The Labute approximate surface area is 182 Å². The normalized spacial score (nSPS) is 32.1. The molecule has 4 aliphatic carbocycles. The summed E-state index contributed by atoms with van der Waals surface area (Å²) in [4.78, 5) is 40.3. The molecule has 1 aromatic heterocycles. The van der Waals surface area contributed by atoms with Gasteiger partial charge in [0.2, 0.25) is 5.91 Å². The highest BCUT2D eigenvalue weighted by Crippen LogP contribution is 2.65. The Bertz CT molecular complexity index is 812. The van der Waals surface area contributed by atoms with Crippen LogP contribution in [-0.2, 0) is 25.5 Å². The zero-order valence-electron chi connectivity index (χ0n) is 16.5. The van der Waals surface area contributed by atoms with Crippen molar-refractivity contribution in [1.82, 2.24) is 15.8 Å². The van der Waals surface area contributed by atoms with Crippen LogP contribution >= 0.6 is 27.3 Å². The minimum absolute atomic E-state index is 0.0151. The van der Waals surface area contributed by atoms with Gasteiger partial charge in [-0.05, 0) is 62.7 Å². The molecule has 0 radical (unpaired) electrons. The van der Waals surface area contributed by atoms with Gasteiger partial charge in [-0.1, -0.05) is 15.9 Å². The molecule has 158 valence electrons. The smallest absolute Gasteiger partial charge is 0.306 e. The number of amides is 2. The molecule has 4 aliphatic rings. The lowest BCUT2D eigenvalue weighted by Gasteiger charge is -2.60. The molecule has 29 heavy (non-hydrogen) atoms. The van der Waals surface area contributed by atoms with Crippen LogP contribution in [0.25, 0.3) is 0 Å². The van der Waals surface area contributed by atoms with E-state index >= 15 is 0 Å². The Hall–Kier alpha value is -1.48. The number of nitrogens with zero attached hydrogens (tertiary/aromatic N) is 1. The molecule has 1 aromatic rings. The summed E-state index contributed by atoms with van der Waals surface area (Å²) in [7, 11) is 0. The Morgan fingerprint density at radius 3 is 2.52 bits per heavy atom. The van der Waals surface area contributed by atoms with E-state index in [0.29, 0.717) is 23.3 Å². The second kappa shape index (κ2) is 7.98. The third-order valence-electron chi connectivity index (χ3n) is 6.31. The molecule has 1 heterocycles. The average molecular weight is 484 g/mol. The summed E-state index contributed by atoms with van der Waals surface area (Å²) in [5, 5.41) is 2.54. The van der Waals surface area contributed by atoms with Crippen LogP contribution in [-0.4, -0.2) is 33.7 Å². The topological polar surface area (TPSA) is 97.4 Å². The Kier molecular flexibility index (Phi) is 5.72. The predicted octanol–water partition coefficient (Wildman–Crippen LogP) is 2.81. The maximum absolute atomic E-state index is 12.4. The summed E-state index contributed by atoms with van der Waals surface area (Å²) in [5.41, 5.74) is 5.49. The Morgan fingerprint density at radius 2 is 1.90 bits per heavy atom. The van der Waals surface area contributed by atoms with E-state index in [2.05, 4.69) is 31.8 Å². The fourth-order valence-corrected chi connectivity index (χ4v) is 8.17. The number of hydrazine groups is 1. The van der Waals surface area contributed by atoms with Gasteiger partial charge < -0.3 is 4.74 Å². The van der Waals surface area contributed by atoms with Crippen LogP contribution in [0.2, 0.25) is 0 Å². The zero-order valence-corrected chi connectivity index (χ0v) is 18.9. The number of aromatic nitrogens is 1. The SMILES string of the molecule is Cc1csc(CC(=O)NNC(=O)COC(=O)CC23CC4CC(CC(Br)(C4)C2)C3)n1. The first-order valence-electron chi connectivity index (χ1n) is 10.1. The highest BCUT2D eigenvalue weighted by molar-refractivity contribution is 9.10. The zero-order chi connectivity index (χ0) is 20.6. The highest BCUT2D eigenvalue weighted by Gasteiger charge is 2.57. The number of ether oxygens (including phenoxy) is 1. The van der Waals surface area contributed by atoms with Crippen LogP contribution in [0.15, 0.2) is 5.38 Å². The maximum Gasteiger partial charge on any atom is 0.306 e. The number of thiazole rings is 1. The van der Waals surface area contributed by atoms with Crippen molar-refractivity contribution in [3.8, 4) is 0 Å². The van der Waals surface area contributed by atoms with Crippen molar-refractivity contribution < 1.29 is 19.1 Å². The number of carbonyl (C=O) groups is 3. The van der Waals surface area contributed by atoms with E-state index in [1.54, 1.807) is 0 Å². The molecular weight excluding hydrogens is 458 g/mol. The van der Waals surface area contributed by atoms with E-state index in [0.717, 1.165) is 25.0 Å². The number of esters is 1. The van der Waals surface area contributed by atoms with E-state index < -0.39 is 12.5 Å². The van der Waals surface area contributed by atoms with Crippen LogP contribution in [0.5, 0.6) is 0 Å². The molecule has 2 amide bonds. The third kappa shape index (κ3) is 4.99. The molecule has 0 saturated heterocycles. The molecule has 2 N–H and O–H groups in total. The largest absolute Gasteiger partial charge is 0.455 e. The summed E-state index contributed by atoms with van der Waals surface area (Å²) < 4.78 is 5.39. The second-order valence-electron chi connectivity index (χ2n) is 9.11. The monoisotopic (exact) mass is 483 g/mol. The molecule has 4 saturated carbocycles. The quantitative estimate of drug-likeness (QED) is 0.368. The minimum atomic E-state index is -0.551. The van der Waals surface area contributed by atoms with Crippen LogP contribution in [0, 0.1) is 24.2 Å². The van der Waals surface area contributed by atoms with Crippen molar-refractivity contribution in [2.75, 3.05) is 6.61 Å². The van der Waals surface area contributed by atoms with Gasteiger partial charge in [0.1, 0.15) is 5.01 Å². The van der Waals surface area contributed by atoms with Crippen LogP contribution in [0.4, 0.5) is 0 Å². The van der Waals surface area contributed by atoms with Gasteiger partial charge in [-0.2, -0.15) is 0 Å². The number of halogens is 1. The first-order valence-corrected chi connectivity index (χ1v) is 11.7. The van der Waals surface area contributed by atoms with Gasteiger partial charge in [0.25, 0.3) is 5.91 Å². The summed E-state index contributed by atoms with van der Waals surface area (Å²) in [5.74, 6) is 0.148. The number of hydrogen-bond donors (Lipinski definition) is 2. The van der Waals surface area contributed by atoms with E-state index in [9.17, 15) is 14.4 Å². The first kappa shape index (κ1) is 20.8. The molecule has 9 heteroatoms. The third-order valence-corrected chi connectivity index (χ3v) is 8.21. The number of aryl methyl sites for hydroxylation is 1. The number of carbonyl (C=O) groups excluding carboxylic acids is 3. The highest BCUT2D eigenvalue weighted by atomic mass is 79.9. The summed E-state index contributed by atoms with van der Waals surface area (Å²) in [6.07, 6.45) is 7.36. The molecule has 2 unspecified atom stereocenters. The summed E-state index contributed by atoms with van der Waals surface area (Å²) in [6, 6.07) is 0. The van der Waals surface area contributed by atoms with Gasteiger partial charge in [-0.25, -0.2) is 4.98 Å². The molecule has 4 bridgehead atoms. The van der Waals surface area contributed by atoms with Crippen molar-refractivity contribution in [2.24, 2.45) is 17.3 Å². The number of nitrogens with one attached hydrogen (secondary N) is 2. The number of alkyl halides is 1. The van der Waals surface area contributed by atoms with E-state index in [4.69, 9.17) is 4.74 Å². The fourth-order valence-electron chi connectivity index (χ4n) is 5.89. The Morgan fingerprint density at radius 1 is 1.21 bits per heavy atom. The molecule has 0 spiro atoms. The van der Waals surface area contributed by atoms with Gasteiger partial charge in [0.15, 0.2) is 6.61 Å². The molecule has 0 aromatic carbocycles. The lowest BCUT2D eigenvalue weighted by Crippen LogP contribution is -2.53. The van der Waals surface area contributed by atoms with Crippen molar-refractivity contribution in [3.05, 3.63) is 16.1 Å². The van der Waals surface area contributed by atoms with E-state index in [1.807, 2.05) is 12.3 Å². The van der Waals surface area contributed by atoms with Crippen molar-refractivity contribution >= 4 is 45.1 Å². The van der Waals surface area contributed by atoms with Crippen LogP contribution < -0.4 is 10.9 Å². The standard InChI is InChI=1S/C20H26BrN3O4S/c1-12-10-29-17(22-12)3-15(25)23-24-16(26)9-28-18(27)8-19-4-13-2-14(5-19)7-20(21,6-13)11-19/h10,13-14H,2-9,11H2,1H3,(H,23,25)(H,24,26). The van der Waals surface area contributed by atoms with Gasteiger partial charge >= 0.3 is 5.97 Å². The summed E-state index contributed by atoms with van der Waals surface area (Å²) in [6.45, 7) is 1.47. The second-order valence-corrected chi connectivity index (χ2v) is 11.7. The Balaban J connectivity index is 1.19. The van der Waals surface area contributed by atoms with Gasteiger partial charge in [0.05, 0.1) is 12.8 Å². The number of hydrogen-bond acceptors (Lipinski definition) is 6. The van der Waals surface area contributed by atoms with Crippen molar-refractivity contribution in [2.45, 2.75) is 62.6 Å². The van der Waals surface area contributed by atoms with Crippen LogP contribution in [0.3, 0.4) is 0 Å². The first-order chi connectivity index (χ1) is 13.7. The molecule has 5 rings (SSSR count). The fraction of sp³-hybridized carbons (Fsp3) is 0.700. The van der Waals surface area contributed by atoms with Gasteiger partial charge in [-0.15, -0.1) is 11.3 Å². The lowest BCUT2D eigenvalue weighted by atomic mass is 9.49. The molecule has 2 atom stereocenters. The number of rotatable bonds is 6. The molecular formula is C20H26BrN3O4S. The molecule has 4 fully saturated rings. The van der Waals surface area contributed by atoms with E-state index in [-0.39, 0.29) is 28.0 Å². The van der Waals surface area contributed by atoms with Gasteiger partial charge in [-0.3, -0.25) is 25.2 Å². The van der Waals surface area contributed by atoms with Crippen molar-refractivity contribution in [1.29, 1.82) is 0 Å². The summed E-state index contributed by atoms with van der Waals surface area (Å²) >= 11 is 5.34. The molecule has 7 nitrogen and oxygen atoms in total. The average Bonchev–Trinajstić information content (AvgIpc) is 3.00. The van der Waals surface area contributed by atoms with Crippen molar-refractivity contribution in [3.63, 3.8) is 0 Å². The van der Waals surface area contributed by atoms with Crippen LogP contribution in [0.1, 0.15) is 55.6 Å².